The summed E-state index contributed by atoms with van der Waals surface area (Å²) in [4.78, 5) is 21.0. The average molecular weight is 156 g/mol. The first-order chi connectivity index (χ1) is 5.24. The number of hydrogen-bond acceptors (Lipinski definition) is 4. The predicted molar refractivity (Wildman–Crippen MR) is 35.7 cm³/mol. The van der Waals surface area contributed by atoms with Crippen LogP contribution in [0.3, 0.4) is 0 Å². The third kappa shape index (κ3) is 1.80. The minimum Gasteiger partial charge on any atom is -0.459 e. The van der Waals surface area contributed by atoms with Gasteiger partial charge < -0.3 is 9.47 Å². The first kappa shape index (κ1) is 7.78. The number of cyclic esters (lactones) is 1. The fraction of sp³-hybridized carbons (Fsp3) is 0.429. The van der Waals surface area contributed by atoms with Crippen LogP contribution in [0.4, 0.5) is 0 Å². The maximum atomic E-state index is 10.8. The Kier molecular flexibility index (Phi) is 2.25. The average Bonchev–Trinajstić information content (AvgIpc) is 1.94. The fourth-order valence-electron chi connectivity index (χ4n) is 0.666. The van der Waals surface area contributed by atoms with Crippen LogP contribution in [0.15, 0.2) is 12.7 Å². The molecule has 0 N–H and O–H groups in total. The maximum absolute atomic E-state index is 10.8. The second-order valence-electron chi connectivity index (χ2n) is 2.10. The van der Waals surface area contributed by atoms with E-state index in [0.29, 0.717) is 0 Å². The smallest absolute Gasteiger partial charge is 0.348 e. The monoisotopic (exact) mass is 156 g/mol. The molecule has 0 aromatic carbocycles. The number of hydrogen-bond donors (Lipinski definition) is 0. The SMILES string of the molecule is C=CCOC(=O)[C@@H]1CC(=O)O1. The van der Waals surface area contributed by atoms with E-state index < -0.39 is 12.1 Å². The van der Waals surface area contributed by atoms with Gasteiger partial charge in [0.25, 0.3) is 0 Å². The topological polar surface area (TPSA) is 52.6 Å². The Morgan fingerprint density at radius 2 is 2.55 bits per heavy atom. The summed E-state index contributed by atoms with van der Waals surface area (Å²) < 4.78 is 9.06. The summed E-state index contributed by atoms with van der Waals surface area (Å²) in [6.07, 6.45) is 0.913. The molecule has 1 saturated heterocycles. The molecule has 1 rings (SSSR count). The highest BCUT2D eigenvalue weighted by atomic mass is 16.6. The minimum absolute atomic E-state index is 0.135. The molecule has 0 aliphatic carbocycles. The van der Waals surface area contributed by atoms with Gasteiger partial charge >= 0.3 is 11.9 Å². The summed E-state index contributed by atoms with van der Waals surface area (Å²) in [7, 11) is 0. The predicted octanol–water partition coefficient (Wildman–Crippen LogP) is 0.0311. The van der Waals surface area contributed by atoms with Crippen molar-refractivity contribution in [3.8, 4) is 0 Å². The van der Waals surface area contributed by atoms with E-state index in [9.17, 15) is 9.59 Å². The van der Waals surface area contributed by atoms with Gasteiger partial charge in [-0.05, 0) is 0 Å². The number of carbonyl (C=O) groups excluding carboxylic acids is 2. The molecule has 0 radical (unpaired) electrons. The van der Waals surface area contributed by atoms with Gasteiger partial charge in [-0.25, -0.2) is 4.79 Å². The van der Waals surface area contributed by atoms with E-state index in [1.54, 1.807) is 0 Å². The second kappa shape index (κ2) is 3.18. The van der Waals surface area contributed by atoms with Crippen LogP contribution in [-0.2, 0) is 19.1 Å². The standard InChI is InChI=1S/C7H8O4/c1-2-3-10-7(9)5-4-6(8)11-5/h2,5H,1,3-4H2/t5-/m0/s1. The zero-order valence-corrected chi connectivity index (χ0v) is 5.91. The molecule has 1 atom stereocenters. The Bertz CT molecular complexity index is 189. The molecule has 4 nitrogen and oxygen atoms in total. The van der Waals surface area contributed by atoms with E-state index in [0.717, 1.165) is 0 Å². The Morgan fingerprint density at radius 3 is 3.00 bits per heavy atom. The number of carbonyl (C=O) groups is 2. The molecule has 0 unspecified atom stereocenters. The lowest BCUT2D eigenvalue weighted by Gasteiger charge is -2.22. The lowest BCUT2D eigenvalue weighted by Crippen LogP contribution is -2.40. The molecule has 0 saturated carbocycles. The third-order valence-electron chi connectivity index (χ3n) is 1.23. The summed E-state index contributed by atoms with van der Waals surface area (Å²) in [5, 5.41) is 0. The van der Waals surface area contributed by atoms with Crippen molar-refractivity contribution in [3.63, 3.8) is 0 Å². The van der Waals surface area contributed by atoms with Crippen LogP contribution in [-0.4, -0.2) is 24.6 Å². The van der Waals surface area contributed by atoms with Gasteiger partial charge in [-0.3, -0.25) is 4.79 Å². The van der Waals surface area contributed by atoms with Gasteiger partial charge in [0.05, 0.1) is 6.42 Å². The molecule has 0 aromatic heterocycles. The molecule has 11 heavy (non-hydrogen) atoms. The largest absolute Gasteiger partial charge is 0.459 e. The lowest BCUT2D eigenvalue weighted by molar-refractivity contribution is -0.184. The first-order valence-corrected chi connectivity index (χ1v) is 3.21. The Morgan fingerprint density at radius 1 is 1.91 bits per heavy atom. The summed E-state index contributed by atoms with van der Waals surface area (Å²) >= 11 is 0. The van der Waals surface area contributed by atoms with E-state index in [4.69, 9.17) is 0 Å². The zero-order valence-electron chi connectivity index (χ0n) is 5.91. The van der Waals surface area contributed by atoms with Crippen molar-refractivity contribution in [2.24, 2.45) is 0 Å². The quantitative estimate of drug-likeness (QED) is 0.427. The molecule has 0 bridgehead atoms. The molecule has 1 fully saturated rings. The third-order valence-corrected chi connectivity index (χ3v) is 1.23. The second-order valence-corrected chi connectivity index (χ2v) is 2.10. The fourth-order valence-corrected chi connectivity index (χ4v) is 0.666. The Hall–Kier alpha value is -1.32. The van der Waals surface area contributed by atoms with Crippen molar-refractivity contribution < 1.29 is 19.1 Å². The van der Waals surface area contributed by atoms with Gasteiger partial charge in [0, 0.05) is 0 Å². The molecule has 1 aliphatic rings. The van der Waals surface area contributed by atoms with Gasteiger partial charge in [-0.2, -0.15) is 0 Å². The summed E-state index contributed by atoms with van der Waals surface area (Å²) in [5.41, 5.74) is 0. The summed E-state index contributed by atoms with van der Waals surface area (Å²) in [6, 6.07) is 0. The summed E-state index contributed by atoms with van der Waals surface area (Å²) in [6.45, 7) is 3.53. The highest BCUT2D eigenvalue weighted by Crippen LogP contribution is 2.14. The normalized spacial score (nSPS) is 21.5. The van der Waals surface area contributed by atoms with E-state index in [1.165, 1.54) is 6.08 Å². The zero-order chi connectivity index (χ0) is 8.27. The highest BCUT2D eigenvalue weighted by molar-refractivity contribution is 5.89. The number of rotatable bonds is 3. The minimum atomic E-state index is -0.678. The molecule has 0 spiro atoms. The van der Waals surface area contributed by atoms with Crippen LogP contribution < -0.4 is 0 Å². The van der Waals surface area contributed by atoms with Gasteiger partial charge in [0.15, 0.2) is 0 Å². The van der Waals surface area contributed by atoms with Crippen molar-refractivity contribution in [2.75, 3.05) is 6.61 Å². The van der Waals surface area contributed by atoms with Crippen molar-refractivity contribution in [3.05, 3.63) is 12.7 Å². The van der Waals surface area contributed by atoms with Crippen LogP contribution in [0.25, 0.3) is 0 Å². The van der Waals surface area contributed by atoms with E-state index in [1.807, 2.05) is 0 Å². The van der Waals surface area contributed by atoms with Gasteiger partial charge in [0.2, 0.25) is 6.10 Å². The molecular weight excluding hydrogens is 148 g/mol. The van der Waals surface area contributed by atoms with E-state index in [2.05, 4.69) is 16.1 Å². The van der Waals surface area contributed by atoms with Crippen molar-refractivity contribution in [1.29, 1.82) is 0 Å². The Labute approximate surface area is 63.8 Å². The van der Waals surface area contributed by atoms with Crippen LogP contribution in [0.2, 0.25) is 0 Å². The molecule has 1 aliphatic heterocycles. The maximum Gasteiger partial charge on any atom is 0.348 e. The number of ether oxygens (including phenoxy) is 2. The van der Waals surface area contributed by atoms with Crippen molar-refractivity contribution >= 4 is 11.9 Å². The van der Waals surface area contributed by atoms with Crippen LogP contribution >= 0.6 is 0 Å². The highest BCUT2D eigenvalue weighted by Gasteiger charge is 2.36. The molecule has 1 heterocycles. The van der Waals surface area contributed by atoms with Crippen molar-refractivity contribution in [2.45, 2.75) is 12.5 Å². The molecule has 4 heteroatoms. The van der Waals surface area contributed by atoms with Crippen LogP contribution in [0.5, 0.6) is 0 Å². The molecular formula is C7H8O4. The van der Waals surface area contributed by atoms with E-state index in [-0.39, 0.29) is 19.0 Å². The lowest BCUT2D eigenvalue weighted by atomic mass is 10.2. The molecule has 0 aromatic rings. The Balaban J connectivity index is 2.21. The van der Waals surface area contributed by atoms with Crippen LogP contribution in [0.1, 0.15) is 6.42 Å². The van der Waals surface area contributed by atoms with Gasteiger partial charge in [-0.15, -0.1) is 0 Å². The number of esters is 2. The first-order valence-electron chi connectivity index (χ1n) is 3.21. The molecule has 60 valence electrons. The van der Waals surface area contributed by atoms with Gasteiger partial charge in [0.1, 0.15) is 6.61 Å². The summed E-state index contributed by atoms with van der Waals surface area (Å²) in [5.74, 6) is -0.852. The van der Waals surface area contributed by atoms with E-state index >= 15 is 0 Å². The van der Waals surface area contributed by atoms with Crippen molar-refractivity contribution in [1.82, 2.24) is 0 Å². The molecule has 0 amide bonds. The van der Waals surface area contributed by atoms with Gasteiger partial charge in [-0.1, -0.05) is 12.7 Å². The van der Waals surface area contributed by atoms with Crippen LogP contribution in [0, 0.1) is 0 Å².